The summed E-state index contributed by atoms with van der Waals surface area (Å²) in [7, 11) is 0. The van der Waals surface area contributed by atoms with Gasteiger partial charge in [-0.15, -0.1) is 11.8 Å². The van der Waals surface area contributed by atoms with Crippen molar-refractivity contribution in [3.63, 3.8) is 0 Å². The van der Waals surface area contributed by atoms with E-state index in [-0.39, 0.29) is 0 Å². The first-order valence-electron chi connectivity index (χ1n) is 10.1. The van der Waals surface area contributed by atoms with Crippen molar-refractivity contribution in [3.8, 4) is 22.3 Å². The highest BCUT2D eigenvalue weighted by atomic mass is 32.2. The van der Waals surface area contributed by atoms with E-state index < -0.39 is 0 Å². The number of thioether (sulfide) groups is 1. The van der Waals surface area contributed by atoms with E-state index in [1.165, 1.54) is 0 Å². The molecule has 1 heterocycles. The molecule has 0 aliphatic carbocycles. The number of fused-ring (bicyclic) bond motifs is 1. The van der Waals surface area contributed by atoms with Crippen LogP contribution in [0.15, 0.2) is 107 Å². The monoisotopic (exact) mass is 419 g/mol. The van der Waals surface area contributed by atoms with Crippen molar-refractivity contribution in [2.45, 2.75) is 4.90 Å². The predicted octanol–water partition coefficient (Wildman–Crippen LogP) is 7.37. The number of nitrogens with one attached hydrogen (secondary N) is 1. The largest absolute Gasteiger partial charge is 0.337 e. The van der Waals surface area contributed by atoms with E-state index in [1.807, 2.05) is 36.5 Å². The highest BCUT2D eigenvalue weighted by Crippen LogP contribution is 2.34. The van der Waals surface area contributed by atoms with Gasteiger partial charge < -0.3 is 4.98 Å². The molecule has 3 nitrogen and oxygen atoms in total. The zero-order chi connectivity index (χ0) is 21.0. The Balaban J connectivity index is 1.66. The van der Waals surface area contributed by atoms with Crippen LogP contribution in [0.2, 0.25) is 0 Å². The molecule has 0 fully saturated rings. The number of para-hydroxylation sites is 1. The van der Waals surface area contributed by atoms with E-state index in [4.69, 9.17) is 9.98 Å². The summed E-state index contributed by atoms with van der Waals surface area (Å²) >= 11 is 1.69. The molecule has 4 heteroatoms. The first kappa shape index (κ1) is 19.3. The van der Waals surface area contributed by atoms with Crippen molar-refractivity contribution in [1.29, 1.82) is 0 Å². The van der Waals surface area contributed by atoms with Crippen molar-refractivity contribution < 1.29 is 0 Å². The number of H-pyrrole nitrogens is 1. The number of imidazole rings is 1. The van der Waals surface area contributed by atoms with Gasteiger partial charge in [0.25, 0.3) is 0 Å². The SMILES string of the molecule is CSc1ccccc1/N=C/c1nc2c(-c3ccccc3)ccc(-c3ccccc3)c2[nH]1. The van der Waals surface area contributed by atoms with Crippen molar-refractivity contribution >= 4 is 34.7 Å². The summed E-state index contributed by atoms with van der Waals surface area (Å²) in [6.45, 7) is 0. The van der Waals surface area contributed by atoms with Gasteiger partial charge in [-0.1, -0.05) is 84.9 Å². The lowest BCUT2D eigenvalue weighted by atomic mass is 9.98. The van der Waals surface area contributed by atoms with Crippen LogP contribution in [0.1, 0.15) is 5.82 Å². The van der Waals surface area contributed by atoms with E-state index in [2.05, 4.69) is 78.0 Å². The summed E-state index contributed by atoms with van der Waals surface area (Å²) in [5, 5.41) is 0. The standard InChI is InChI=1S/C27H21N3S/c1-31-24-15-9-8-14-23(24)28-18-25-29-26-21(19-10-4-2-5-11-19)16-17-22(27(26)30-25)20-12-6-3-7-13-20/h2-18H,1H3,(H,29,30)/b28-18+. The van der Waals surface area contributed by atoms with Crippen LogP contribution in [-0.2, 0) is 0 Å². The van der Waals surface area contributed by atoms with Gasteiger partial charge in [0.15, 0.2) is 0 Å². The quantitative estimate of drug-likeness (QED) is 0.239. The Morgan fingerprint density at radius 2 is 1.35 bits per heavy atom. The minimum Gasteiger partial charge on any atom is -0.337 e. The molecule has 31 heavy (non-hydrogen) atoms. The zero-order valence-electron chi connectivity index (χ0n) is 17.1. The van der Waals surface area contributed by atoms with E-state index in [9.17, 15) is 0 Å². The zero-order valence-corrected chi connectivity index (χ0v) is 17.9. The Morgan fingerprint density at radius 3 is 2.06 bits per heavy atom. The van der Waals surface area contributed by atoms with E-state index in [0.717, 1.165) is 49.7 Å². The van der Waals surface area contributed by atoms with Gasteiger partial charge in [0.05, 0.1) is 22.9 Å². The van der Waals surface area contributed by atoms with Gasteiger partial charge in [-0.25, -0.2) is 4.98 Å². The number of nitrogens with zero attached hydrogens (tertiary/aromatic N) is 2. The van der Waals surface area contributed by atoms with Crippen LogP contribution in [0.5, 0.6) is 0 Å². The van der Waals surface area contributed by atoms with Crippen molar-refractivity contribution in [1.82, 2.24) is 9.97 Å². The van der Waals surface area contributed by atoms with Gasteiger partial charge in [0, 0.05) is 16.0 Å². The van der Waals surface area contributed by atoms with Crippen molar-refractivity contribution in [2.75, 3.05) is 6.26 Å². The average Bonchev–Trinajstić information content (AvgIpc) is 3.27. The van der Waals surface area contributed by atoms with Gasteiger partial charge in [0.2, 0.25) is 0 Å². The third-order valence-corrected chi connectivity index (χ3v) is 6.03. The van der Waals surface area contributed by atoms with Crippen LogP contribution < -0.4 is 0 Å². The second-order valence-corrected chi connectivity index (χ2v) is 8.02. The van der Waals surface area contributed by atoms with Crippen molar-refractivity contribution in [2.24, 2.45) is 4.99 Å². The molecule has 0 spiro atoms. The average molecular weight is 420 g/mol. The van der Waals surface area contributed by atoms with E-state index in [1.54, 1.807) is 11.8 Å². The normalized spacial score (nSPS) is 11.4. The second kappa shape index (κ2) is 8.62. The minimum absolute atomic E-state index is 0.742. The minimum atomic E-state index is 0.742. The fraction of sp³-hybridized carbons (Fsp3) is 0.0370. The number of aliphatic imine (C=N–C) groups is 1. The summed E-state index contributed by atoms with van der Waals surface area (Å²) < 4.78 is 0. The molecular formula is C27H21N3S. The molecular weight excluding hydrogens is 398 g/mol. The van der Waals surface area contributed by atoms with Crippen LogP contribution in [0.25, 0.3) is 33.3 Å². The lowest BCUT2D eigenvalue weighted by Crippen LogP contribution is -1.85. The molecule has 5 aromatic rings. The van der Waals surface area contributed by atoms with E-state index >= 15 is 0 Å². The van der Waals surface area contributed by atoms with Crippen LogP contribution in [-0.4, -0.2) is 22.4 Å². The first-order chi connectivity index (χ1) is 15.3. The Labute approximate surface area is 185 Å². The third kappa shape index (κ3) is 3.90. The number of hydrogen-bond donors (Lipinski definition) is 1. The van der Waals surface area contributed by atoms with Gasteiger partial charge >= 0.3 is 0 Å². The molecule has 0 aliphatic heterocycles. The topological polar surface area (TPSA) is 41.0 Å². The third-order valence-electron chi connectivity index (χ3n) is 5.24. The number of aromatic nitrogens is 2. The Kier molecular flexibility index (Phi) is 5.38. The number of rotatable bonds is 5. The maximum absolute atomic E-state index is 4.93. The molecule has 0 unspecified atom stereocenters. The van der Waals surface area contributed by atoms with Crippen LogP contribution in [0, 0.1) is 0 Å². The summed E-state index contributed by atoms with van der Waals surface area (Å²) in [4.78, 5) is 14.3. The van der Waals surface area contributed by atoms with Gasteiger partial charge in [0.1, 0.15) is 5.82 Å². The molecule has 0 atom stereocenters. The fourth-order valence-corrected chi connectivity index (χ4v) is 4.29. The number of hydrogen-bond acceptors (Lipinski definition) is 3. The number of benzene rings is 4. The molecule has 150 valence electrons. The molecule has 0 bridgehead atoms. The smallest absolute Gasteiger partial charge is 0.149 e. The maximum atomic E-state index is 4.93. The number of aromatic amines is 1. The lowest BCUT2D eigenvalue weighted by Gasteiger charge is -2.07. The summed E-state index contributed by atoms with van der Waals surface area (Å²) in [6, 6.07) is 33.3. The van der Waals surface area contributed by atoms with Gasteiger partial charge in [-0.05, 0) is 29.5 Å². The van der Waals surface area contributed by atoms with Crippen molar-refractivity contribution in [3.05, 3.63) is 103 Å². The highest BCUT2D eigenvalue weighted by Gasteiger charge is 2.13. The summed E-state index contributed by atoms with van der Waals surface area (Å²) in [5.74, 6) is 0.742. The molecule has 0 saturated heterocycles. The molecule has 4 aromatic carbocycles. The highest BCUT2D eigenvalue weighted by molar-refractivity contribution is 7.98. The molecule has 0 amide bonds. The Morgan fingerprint density at radius 1 is 0.742 bits per heavy atom. The molecule has 0 radical (unpaired) electrons. The van der Waals surface area contributed by atoms with E-state index in [0.29, 0.717) is 0 Å². The molecule has 1 aromatic heterocycles. The van der Waals surface area contributed by atoms with Crippen LogP contribution in [0.4, 0.5) is 5.69 Å². The summed E-state index contributed by atoms with van der Waals surface area (Å²) in [6.07, 6.45) is 3.88. The van der Waals surface area contributed by atoms with Crippen LogP contribution >= 0.6 is 11.8 Å². The Bertz CT molecular complexity index is 1280. The van der Waals surface area contributed by atoms with Crippen LogP contribution in [0.3, 0.4) is 0 Å². The predicted molar refractivity (Wildman–Crippen MR) is 132 cm³/mol. The second-order valence-electron chi connectivity index (χ2n) is 7.17. The van der Waals surface area contributed by atoms with Gasteiger partial charge in [-0.2, -0.15) is 0 Å². The first-order valence-corrected chi connectivity index (χ1v) is 11.4. The molecule has 0 aliphatic rings. The lowest BCUT2D eigenvalue weighted by molar-refractivity contribution is 1.29. The fourth-order valence-electron chi connectivity index (χ4n) is 3.75. The molecule has 1 N–H and O–H groups in total. The molecule has 5 rings (SSSR count). The maximum Gasteiger partial charge on any atom is 0.149 e. The molecule has 0 saturated carbocycles. The van der Waals surface area contributed by atoms with Gasteiger partial charge in [-0.3, -0.25) is 4.99 Å². The Hall–Kier alpha value is -3.63. The summed E-state index contributed by atoms with van der Waals surface area (Å²) in [5.41, 5.74) is 7.46.